The number of methoxy groups -OCH3 is 1. The van der Waals surface area contributed by atoms with E-state index in [1.807, 2.05) is 45.9 Å². The Hall–Kier alpha value is -2.49. The van der Waals surface area contributed by atoms with Crippen LogP contribution >= 0.6 is 0 Å². The van der Waals surface area contributed by atoms with Gasteiger partial charge in [0.25, 0.3) is 0 Å². The third-order valence-electron chi connectivity index (χ3n) is 2.71. The predicted molar refractivity (Wildman–Crippen MR) is 101 cm³/mol. The van der Waals surface area contributed by atoms with Crippen LogP contribution in [0.1, 0.15) is 39.7 Å². The minimum absolute atomic E-state index is 0.0138. The van der Waals surface area contributed by atoms with Crippen LogP contribution in [0.3, 0.4) is 0 Å². The molecule has 0 saturated heterocycles. The summed E-state index contributed by atoms with van der Waals surface area (Å²) >= 11 is 0. The Morgan fingerprint density at radius 1 is 1.33 bits per heavy atom. The molecular weight excluding hydrogens is 304 g/mol. The summed E-state index contributed by atoms with van der Waals surface area (Å²) in [4.78, 5) is 10.3. The van der Waals surface area contributed by atoms with E-state index in [2.05, 4.69) is 6.58 Å². The first-order valence-electron chi connectivity index (χ1n) is 7.94. The molecule has 0 amide bonds. The van der Waals surface area contributed by atoms with Gasteiger partial charge in [-0.15, -0.1) is 0 Å². The quantitative estimate of drug-likeness (QED) is 0.707. The smallest absolute Gasteiger partial charge is 0.303 e. The molecule has 0 aliphatic heterocycles. The number of aromatic hydroxyl groups is 1. The maximum Gasteiger partial charge on any atom is 0.303 e. The lowest BCUT2D eigenvalue weighted by Gasteiger charge is -2.05. The van der Waals surface area contributed by atoms with Gasteiger partial charge >= 0.3 is 5.97 Å². The zero-order chi connectivity index (χ0) is 19.0. The molecule has 134 valence electrons. The molecule has 2 N–H and O–H groups in total. The number of phenolic OH excluding ortho intramolecular Hbond substituents is 1. The number of hydrogen-bond donors (Lipinski definition) is 2. The zero-order valence-corrected chi connectivity index (χ0v) is 15.4. The first kappa shape index (κ1) is 23.8. The van der Waals surface area contributed by atoms with Crippen LogP contribution in [0.4, 0.5) is 0 Å². The molecule has 0 radical (unpaired) electrons. The first-order valence-corrected chi connectivity index (χ1v) is 7.94. The number of benzene rings is 1. The average molecular weight is 334 g/mol. The van der Waals surface area contributed by atoms with E-state index in [4.69, 9.17) is 9.84 Å². The second kappa shape index (κ2) is 15.4. The van der Waals surface area contributed by atoms with Crippen LogP contribution < -0.4 is 4.74 Å². The van der Waals surface area contributed by atoms with Crippen molar-refractivity contribution in [3.63, 3.8) is 0 Å². The molecule has 0 saturated carbocycles. The Balaban J connectivity index is 0. The number of allylic oxidation sites excluding steroid dienone is 5. The Morgan fingerprint density at radius 3 is 2.38 bits per heavy atom. The summed E-state index contributed by atoms with van der Waals surface area (Å²) in [6.07, 6.45) is 8.15. The Morgan fingerprint density at radius 2 is 1.96 bits per heavy atom. The number of carboxylic acids is 1. The standard InChI is InChI=1S/C10H12O4.C8H12.C2H6/c1-14-8-4-2-7(9(11)6-8)3-5-10(12)13;1-4-6-8(3)7-5-2;1-2/h2,4,6,11H,3,5H2,1H3,(H,12,13);4-7H,1H2,2-3H3;1-2H3/b;7-5-,8-6-;. The highest BCUT2D eigenvalue weighted by molar-refractivity contribution is 5.67. The zero-order valence-electron chi connectivity index (χ0n) is 15.4. The number of ether oxygens (including phenoxy) is 1. The summed E-state index contributed by atoms with van der Waals surface area (Å²) < 4.78 is 4.90. The van der Waals surface area contributed by atoms with Crippen molar-refractivity contribution in [2.24, 2.45) is 0 Å². The van der Waals surface area contributed by atoms with Crippen LogP contribution in [-0.4, -0.2) is 23.3 Å². The van der Waals surface area contributed by atoms with Gasteiger partial charge in [-0.1, -0.05) is 56.4 Å². The minimum atomic E-state index is -0.875. The van der Waals surface area contributed by atoms with Crippen LogP contribution in [0.2, 0.25) is 0 Å². The fourth-order valence-electron chi connectivity index (χ4n) is 1.63. The van der Waals surface area contributed by atoms with Crippen molar-refractivity contribution in [1.82, 2.24) is 0 Å². The van der Waals surface area contributed by atoms with E-state index in [0.717, 1.165) is 0 Å². The van der Waals surface area contributed by atoms with Crippen LogP contribution in [0, 0.1) is 0 Å². The Labute approximate surface area is 145 Å². The molecule has 4 heteroatoms. The monoisotopic (exact) mass is 334 g/mol. The average Bonchev–Trinajstić information content (AvgIpc) is 2.56. The summed E-state index contributed by atoms with van der Waals surface area (Å²) in [5.74, 6) is -0.243. The highest BCUT2D eigenvalue weighted by Crippen LogP contribution is 2.24. The maximum atomic E-state index is 10.3. The predicted octanol–water partition coefficient (Wildman–Crippen LogP) is 5.14. The maximum absolute atomic E-state index is 10.3. The second-order valence-corrected chi connectivity index (χ2v) is 4.53. The molecule has 4 nitrogen and oxygen atoms in total. The summed E-state index contributed by atoms with van der Waals surface area (Å²) in [7, 11) is 1.51. The second-order valence-electron chi connectivity index (χ2n) is 4.53. The van der Waals surface area contributed by atoms with Gasteiger partial charge in [-0.3, -0.25) is 4.79 Å². The van der Waals surface area contributed by atoms with Gasteiger partial charge in [0, 0.05) is 12.5 Å². The van der Waals surface area contributed by atoms with E-state index in [1.54, 1.807) is 18.2 Å². The topological polar surface area (TPSA) is 66.8 Å². The number of aryl methyl sites for hydroxylation is 1. The van der Waals surface area contributed by atoms with Crippen LogP contribution in [0.15, 0.2) is 54.7 Å². The van der Waals surface area contributed by atoms with E-state index in [1.165, 1.54) is 18.7 Å². The molecule has 0 spiro atoms. The number of rotatable bonds is 6. The van der Waals surface area contributed by atoms with Crippen molar-refractivity contribution in [3.05, 3.63) is 60.2 Å². The SMILES string of the molecule is C=C/C=C(C)\C=C/C.CC.COc1ccc(CCC(=O)O)c(O)c1. The highest BCUT2D eigenvalue weighted by atomic mass is 16.5. The molecule has 0 aliphatic rings. The van der Waals surface area contributed by atoms with Crippen molar-refractivity contribution >= 4 is 5.97 Å². The molecule has 1 aromatic carbocycles. The van der Waals surface area contributed by atoms with Crippen molar-refractivity contribution in [1.29, 1.82) is 0 Å². The van der Waals surface area contributed by atoms with Gasteiger partial charge in [-0.2, -0.15) is 0 Å². The number of hydrogen-bond acceptors (Lipinski definition) is 3. The van der Waals surface area contributed by atoms with Gasteiger partial charge in [-0.05, 0) is 31.9 Å². The molecule has 0 aromatic heterocycles. The molecule has 24 heavy (non-hydrogen) atoms. The van der Waals surface area contributed by atoms with Gasteiger partial charge in [0.15, 0.2) is 0 Å². The number of phenols is 1. The summed E-state index contributed by atoms with van der Waals surface area (Å²) in [5, 5.41) is 17.9. The highest BCUT2D eigenvalue weighted by Gasteiger charge is 2.05. The Kier molecular flexibility index (Phi) is 15.3. The van der Waals surface area contributed by atoms with E-state index in [9.17, 15) is 9.90 Å². The molecule has 0 heterocycles. The summed E-state index contributed by atoms with van der Waals surface area (Å²) in [6.45, 7) is 11.6. The fraction of sp³-hybridized carbons (Fsp3) is 0.350. The number of carbonyl (C=O) groups is 1. The lowest BCUT2D eigenvalue weighted by atomic mass is 10.1. The van der Waals surface area contributed by atoms with E-state index < -0.39 is 5.97 Å². The third-order valence-corrected chi connectivity index (χ3v) is 2.71. The van der Waals surface area contributed by atoms with Crippen LogP contribution in [-0.2, 0) is 11.2 Å². The summed E-state index contributed by atoms with van der Waals surface area (Å²) in [6, 6.07) is 4.82. The molecule has 0 unspecified atom stereocenters. The third kappa shape index (κ3) is 12.1. The minimum Gasteiger partial charge on any atom is -0.508 e. The van der Waals surface area contributed by atoms with Crippen LogP contribution in [0.5, 0.6) is 11.5 Å². The molecule has 0 fully saturated rings. The lowest BCUT2D eigenvalue weighted by Crippen LogP contribution is -1.97. The van der Waals surface area contributed by atoms with Gasteiger partial charge in [-0.25, -0.2) is 0 Å². The van der Waals surface area contributed by atoms with E-state index in [-0.39, 0.29) is 12.2 Å². The van der Waals surface area contributed by atoms with Crippen LogP contribution in [0.25, 0.3) is 0 Å². The van der Waals surface area contributed by atoms with Gasteiger partial charge < -0.3 is 14.9 Å². The van der Waals surface area contributed by atoms with Gasteiger partial charge in [0.05, 0.1) is 7.11 Å². The summed E-state index contributed by atoms with van der Waals surface area (Å²) in [5.41, 5.74) is 1.86. The van der Waals surface area contributed by atoms with E-state index in [0.29, 0.717) is 17.7 Å². The molecule has 0 bridgehead atoms. The van der Waals surface area contributed by atoms with Crippen molar-refractivity contribution < 1.29 is 19.7 Å². The molecular formula is C20H30O4. The van der Waals surface area contributed by atoms with Crippen molar-refractivity contribution in [3.8, 4) is 11.5 Å². The number of aliphatic carboxylic acids is 1. The molecule has 1 aromatic rings. The van der Waals surface area contributed by atoms with Crippen molar-refractivity contribution in [2.45, 2.75) is 40.5 Å². The molecule has 0 aliphatic carbocycles. The van der Waals surface area contributed by atoms with Gasteiger partial charge in [0.2, 0.25) is 0 Å². The first-order chi connectivity index (χ1) is 11.4. The van der Waals surface area contributed by atoms with Crippen molar-refractivity contribution in [2.75, 3.05) is 7.11 Å². The largest absolute Gasteiger partial charge is 0.508 e. The number of carboxylic acid groups (broad SMARTS) is 1. The lowest BCUT2D eigenvalue weighted by molar-refractivity contribution is -0.136. The van der Waals surface area contributed by atoms with E-state index >= 15 is 0 Å². The van der Waals surface area contributed by atoms with Gasteiger partial charge in [0.1, 0.15) is 11.5 Å². The molecule has 0 atom stereocenters. The Bertz CT molecular complexity index is 543. The normalized spacial score (nSPS) is 10.1. The fourth-order valence-corrected chi connectivity index (χ4v) is 1.63. The molecule has 1 rings (SSSR count).